The largest absolute Gasteiger partial charge is 0.396 e. The number of amides is 1. The lowest BCUT2D eigenvalue weighted by Gasteiger charge is -2.28. The first-order valence-electron chi connectivity index (χ1n) is 7.35. The average molecular weight is 276 g/mol. The van der Waals surface area contributed by atoms with Crippen molar-refractivity contribution in [1.82, 2.24) is 5.32 Å². The molecule has 0 heterocycles. The normalized spacial score (nSPS) is 18.7. The van der Waals surface area contributed by atoms with Crippen LogP contribution in [0.4, 0.5) is 5.69 Å². The van der Waals surface area contributed by atoms with Gasteiger partial charge >= 0.3 is 0 Å². The lowest BCUT2D eigenvalue weighted by atomic mass is 9.87. The SMILES string of the molecule is CC(NCC1(CO)CCCC1)C(=O)Nc1ccccc1. The Morgan fingerprint density at radius 3 is 2.55 bits per heavy atom. The molecular weight excluding hydrogens is 252 g/mol. The zero-order valence-electron chi connectivity index (χ0n) is 12.1. The van der Waals surface area contributed by atoms with Crippen LogP contribution in [0.15, 0.2) is 30.3 Å². The minimum absolute atomic E-state index is 0.0265. The van der Waals surface area contributed by atoms with Crippen LogP contribution in [0.3, 0.4) is 0 Å². The molecule has 2 rings (SSSR count). The van der Waals surface area contributed by atoms with Crippen LogP contribution in [0.25, 0.3) is 0 Å². The number of para-hydroxylation sites is 1. The molecule has 1 atom stereocenters. The Hall–Kier alpha value is -1.39. The van der Waals surface area contributed by atoms with Crippen molar-refractivity contribution in [2.45, 2.75) is 38.6 Å². The van der Waals surface area contributed by atoms with Crippen LogP contribution in [-0.2, 0) is 4.79 Å². The van der Waals surface area contributed by atoms with Gasteiger partial charge in [0.2, 0.25) is 5.91 Å². The molecule has 1 aliphatic carbocycles. The molecule has 110 valence electrons. The summed E-state index contributed by atoms with van der Waals surface area (Å²) in [7, 11) is 0. The first-order valence-corrected chi connectivity index (χ1v) is 7.35. The summed E-state index contributed by atoms with van der Waals surface area (Å²) in [5, 5.41) is 15.7. The highest BCUT2D eigenvalue weighted by Gasteiger charge is 2.33. The van der Waals surface area contributed by atoms with E-state index in [9.17, 15) is 9.90 Å². The van der Waals surface area contributed by atoms with Crippen molar-refractivity contribution in [3.05, 3.63) is 30.3 Å². The van der Waals surface area contributed by atoms with Gasteiger partial charge in [-0.15, -0.1) is 0 Å². The summed E-state index contributed by atoms with van der Waals surface area (Å²) in [6.07, 6.45) is 4.44. The first-order chi connectivity index (χ1) is 9.65. The van der Waals surface area contributed by atoms with E-state index in [-0.39, 0.29) is 24.0 Å². The zero-order chi connectivity index (χ0) is 14.4. The van der Waals surface area contributed by atoms with Crippen LogP contribution < -0.4 is 10.6 Å². The minimum Gasteiger partial charge on any atom is -0.396 e. The maximum atomic E-state index is 12.1. The number of carbonyl (C=O) groups excluding carboxylic acids is 1. The number of hydrogen-bond donors (Lipinski definition) is 3. The van der Waals surface area contributed by atoms with Crippen molar-refractivity contribution < 1.29 is 9.90 Å². The average Bonchev–Trinajstić information content (AvgIpc) is 2.95. The summed E-state index contributed by atoms with van der Waals surface area (Å²) < 4.78 is 0. The van der Waals surface area contributed by atoms with Gasteiger partial charge in [-0.05, 0) is 31.9 Å². The maximum absolute atomic E-state index is 12.1. The molecule has 0 saturated heterocycles. The van der Waals surface area contributed by atoms with Crippen molar-refractivity contribution in [3.8, 4) is 0 Å². The van der Waals surface area contributed by atoms with E-state index in [1.165, 1.54) is 12.8 Å². The van der Waals surface area contributed by atoms with Crippen molar-refractivity contribution in [2.24, 2.45) is 5.41 Å². The number of rotatable bonds is 6. The molecule has 0 bridgehead atoms. The number of benzene rings is 1. The highest BCUT2D eigenvalue weighted by molar-refractivity contribution is 5.94. The molecule has 0 aromatic heterocycles. The minimum atomic E-state index is -0.265. The molecule has 0 spiro atoms. The summed E-state index contributed by atoms with van der Waals surface area (Å²) in [6, 6.07) is 9.19. The summed E-state index contributed by atoms with van der Waals surface area (Å²) in [4.78, 5) is 12.1. The van der Waals surface area contributed by atoms with Crippen molar-refractivity contribution in [1.29, 1.82) is 0 Å². The van der Waals surface area contributed by atoms with E-state index < -0.39 is 0 Å². The molecule has 1 amide bonds. The Balaban J connectivity index is 1.82. The molecule has 1 aromatic carbocycles. The fraction of sp³-hybridized carbons (Fsp3) is 0.562. The molecular formula is C16H24N2O2. The molecule has 0 aliphatic heterocycles. The van der Waals surface area contributed by atoms with Crippen LogP contribution >= 0.6 is 0 Å². The molecule has 1 aliphatic rings. The summed E-state index contributed by atoms with van der Waals surface area (Å²) in [5.41, 5.74) is 0.783. The fourth-order valence-electron chi connectivity index (χ4n) is 2.75. The molecule has 4 nitrogen and oxygen atoms in total. The number of hydrogen-bond acceptors (Lipinski definition) is 3. The number of aliphatic hydroxyl groups excluding tert-OH is 1. The Morgan fingerprint density at radius 1 is 1.30 bits per heavy atom. The zero-order valence-corrected chi connectivity index (χ0v) is 12.1. The van der Waals surface area contributed by atoms with Crippen LogP contribution in [0, 0.1) is 5.41 Å². The third-order valence-corrected chi connectivity index (χ3v) is 4.22. The number of nitrogens with one attached hydrogen (secondary N) is 2. The lowest BCUT2D eigenvalue weighted by Crippen LogP contribution is -2.44. The Bertz CT molecular complexity index is 427. The Kier molecular flexibility index (Phi) is 5.15. The lowest BCUT2D eigenvalue weighted by molar-refractivity contribution is -0.117. The van der Waals surface area contributed by atoms with Crippen LogP contribution in [0.1, 0.15) is 32.6 Å². The quantitative estimate of drug-likeness (QED) is 0.746. The number of carbonyl (C=O) groups is 1. The maximum Gasteiger partial charge on any atom is 0.241 e. The smallest absolute Gasteiger partial charge is 0.241 e. The van der Waals surface area contributed by atoms with Crippen LogP contribution in [-0.4, -0.2) is 30.2 Å². The molecule has 1 fully saturated rings. The second-order valence-corrected chi connectivity index (χ2v) is 5.82. The van der Waals surface area contributed by atoms with Gasteiger partial charge in [-0.1, -0.05) is 31.0 Å². The number of aliphatic hydroxyl groups is 1. The van der Waals surface area contributed by atoms with Gasteiger partial charge in [0, 0.05) is 24.3 Å². The molecule has 1 saturated carbocycles. The third-order valence-electron chi connectivity index (χ3n) is 4.22. The summed E-state index contributed by atoms with van der Waals surface area (Å²) in [6.45, 7) is 2.76. The summed E-state index contributed by atoms with van der Waals surface area (Å²) >= 11 is 0. The summed E-state index contributed by atoms with van der Waals surface area (Å²) in [5.74, 6) is -0.0395. The molecule has 3 N–H and O–H groups in total. The van der Waals surface area contributed by atoms with Crippen molar-refractivity contribution in [2.75, 3.05) is 18.5 Å². The van der Waals surface area contributed by atoms with E-state index in [0.717, 1.165) is 18.5 Å². The van der Waals surface area contributed by atoms with Gasteiger partial charge in [-0.2, -0.15) is 0 Å². The fourth-order valence-corrected chi connectivity index (χ4v) is 2.75. The molecule has 1 unspecified atom stereocenters. The predicted molar refractivity (Wildman–Crippen MR) is 80.5 cm³/mol. The van der Waals surface area contributed by atoms with Gasteiger partial charge < -0.3 is 15.7 Å². The monoisotopic (exact) mass is 276 g/mol. The molecule has 0 radical (unpaired) electrons. The van der Waals surface area contributed by atoms with Gasteiger partial charge in [-0.25, -0.2) is 0 Å². The second-order valence-electron chi connectivity index (χ2n) is 5.82. The third kappa shape index (κ3) is 3.81. The van der Waals surface area contributed by atoms with Crippen LogP contribution in [0.2, 0.25) is 0 Å². The Morgan fingerprint density at radius 2 is 1.95 bits per heavy atom. The van der Waals surface area contributed by atoms with Crippen LogP contribution in [0.5, 0.6) is 0 Å². The van der Waals surface area contributed by atoms with Gasteiger partial charge in [0.05, 0.1) is 6.04 Å². The topological polar surface area (TPSA) is 61.4 Å². The van der Waals surface area contributed by atoms with E-state index >= 15 is 0 Å². The van der Waals surface area contributed by atoms with Gasteiger partial charge in [0.25, 0.3) is 0 Å². The van der Waals surface area contributed by atoms with Gasteiger partial charge in [-0.3, -0.25) is 4.79 Å². The second kappa shape index (κ2) is 6.86. The van der Waals surface area contributed by atoms with Gasteiger partial charge in [0.15, 0.2) is 0 Å². The first kappa shape index (κ1) is 15.0. The van der Waals surface area contributed by atoms with E-state index in [4.69, 9.17) is 0 Å². The standard InChI is InChI=1S/C16H24N2O2/c1-13(15(20)18-14-7-3-2-4-8-14)17-11-16(12-19)9-5-6-10-16/h2-4,7-8,13,17,19H,5-6,9-12H2,1H3,(H,18,20). The van der Waals surface area contributed by atoms with Gasteiger partial charge in [0.1, 0.15) is 0 Å². The van der Waals surface area contributed by atoms with Crippen molar-refractivity contribution in [3.63, 3.8) is 0 Å². The van der Waals surface area contributed by atoms with E-state index in [0.29, 0.717) is 6.54 Å². The Labute approximate surface area is 120 Å². The highest BCUT2D eigenvalue weighted by Crippen LogP contribution is 2.36. The molecule has 20 heavy (non-hydrogen) atoms. The predicted octanol–water partition coefficient (Wildman–Crippen LogP) is 2.16. The van der Waals surface area contributed by atoms with E-state index in [1.54, 1.807) is 0 Å². The van der Waals surface area contributed by atoms with E-state index in [1.807, 2.05) is 37.3 Å². The molecule has 1 aromatic rings. The highest BCUT2D eigenvalue weighted by atomic mass is 16.3. The number of anilines is 1. The van der Waals surface area contributed by atoms with E-state index in [2.05, 4.69) is 10.6 Å². The van der Waals surface area contributed by atoms with Crippen molar-refractivity contribution >= 4 is 11.6 Å². The molecule has 4 heteroatoms.